The van der Waals surface area contributed by atoms with Gasteiger partial charge in [-0.25, -0.2) is 4.39 Å². The zero-order valence-electron chi connectivity index (χ0n) is 11.4. The highest BCUT2D eigenvalue weighted by Crippen LogP contribution is 2.22. The maximum Gasteiger partial charge on any atom is 0.123 e. The number of nitrogens with one attached hydrogen (secondary N) is 1. The summed E-state index contributed by atoms with van der Waals surface area (Å²) in [6.07, 6.45) is 2.35. The Morgan fingerprint density at radius 1 is 1.37 bits per heavy atom. The second-order valence-electron chi connectivity index (χ2n) is 4.79. The van der Waals surface area contributed by atoms with Crippen molar-refractivity contribution in [2.75, 3.05) is 26.4 Å². The number of halogens is 1. The van der Waals surface area contributed by atoms with Crippen LogP contribution in [0.15, 0.2) is 24.3 Å². The first-order valence-corrected chi connectivity index (χ1v) is 6.97. The largest absolute Gasteiger partial charge is 0.379 e. The van der Waals surface area contributed by atoms with Crippen LogP contribution in [0.4, 0.5) is 4.39 Å². The molecule has 1 aliphatic rings. The molecule has 106 valence electrons. The third-order valence-corrected chi connectivity index (χ3v) is 3.14. The minimum absolute atomic E-state index is 0.114. The Hall–Kier alpha value is -0.970. The van der Waals surface area contributed by atoms with E-state index >= 15 is 0 Å². The molecule has 1 fully saturated rings. The monoisotopic (exact) mass is 267 g/mol. The van der Waals surface area contributed by atoms with Crippen molar-refractivity contribution in [3.8, 4) is 0 Å². The lowest BCUT2D eigenvalue weighted by atomic mass is 10.1. The summed E-state index contributed by atoms with van der Waals surface area (Å²) in [6.45, 7) is 4.47. The van der Waals surface area contributed by atoms with Crippen LogP contribution >= 0.6 is 0 Å². The molecule has 1 aliphatic carbocycles. The van der Waals surface area contributed by atoms with Crippen molar-refractivity contribution in [3.63, 3.8) is 0 Å². The molecule has 1 aromatic carbocycles. The van der Waals surface area contributed by atoms with E-state index in [-0.39, 0.29) is 11.9 Å². The zero-order chi connectivity index (χ0) is 13.5. The van der Waals surface area contributed by atoms with Crippen LogP contribution in [-0.2, 0) is 9.47 Å². The molecule has 0 heterocycles. The molecule has 1 unspecified atom stereocenters. The lowest BCUT2D eigenvalue weighted by molar-refractivity contribution is 0.00661. The van der Waals surface area contributed by atoms with Crippen LogP contribution in [-0.4, -0.2) is 32.4 Å². The van der Waals surface area contributed by atoms with Gasteiger partial charge in [-0.2, -0.15) is 0 Å². The summed E-state index contributed by atoms with van der Waals surface area (Å²) < 4.78 is 24.4. The predicted octanol–water partition coefficient (Wildman–Crippen LogP) is 2.67. The van der Waals surface area contributed by atoms with Gasteiger partial charge >= 0.3 is 0 Å². The fourth-order valence-corrected chi connectivity index (χ4v) is 1.93. The molecule has 1 atom stereocenters. The Morgan fingerprint density at radius 2 is 2.21 bits per heavy atom. The van der Waals surface area contributed by atoms with Crippen molar-refractivity contribution in [1.82, 2.24) is 5.32 Å². The van der Waals surface area contributed by atoms with Gasteiger partial charge in [0, 0.05) is 19.2 Å². The predicted molar refractivity (Wildman–Crippen MR) is 72.6 cm³/mol. The molecule has 19 heavy (non-hydrogen) atoms. The van der Waals surface area contributed by atoms with E-state index in [1.54, 1.807) is 12.1 Å². The molecule has 2 rings (SSSR count). The Labute approximate surface area is 114 Å². The van der Waals surface area contributed by atoms with Crippen molar-refractivity contribution in [3.05, 3.63) is 35.6 Å². The van der Waals surface area contributed by atoms with Crippen molar-refractivity contribution in [2.24, 2.45) is 0 Å². The van der Waals surface area contributed by atoms with Crippen LogP contribution in [0.2, 0.25) is 0 Å². The lowest BCUT2D eigenvalue weighted by Gasteiger charge is -2.19. The van der Waals surface area contributed by atoms with Crippen LogP contribution in [0, 0.1) is 5.82 Å². The van der Waals surface area contributed by atoms with Gasteiger partial charge in [0.1, 0.15) is 5.82 Å². The second-order valence-corrected chi connectivity index (χ2v) is 4.79. The number of benzene rings is 1. The van der Waals surface area contributed by atoms with Crippen LogP contribution in [0.1, 0.15) is 31.4 Å². The fourth-order valence-electron chi connectivity index (χ4n) is 1.93. The van der Waals surface area contributed by atoms with Gasteiger partial charge in [-0.3, -0.25) is 0 Å². The summed E-state index contributed by atoms with van der Waals surface area (Å²) in [5, 5.41) is 3.43. The van der Waals surface area contributed by atoms with E-state index in [4.69, 9.17) is 9.47 Å². The van der Waals surface area contributed by atoms with Gasteiger partial charge in [0.15, 0.2) is 0 Å². The highest BCUT2D eigenvalue weighted by atomic mass is 19.1. The van der Waals surface area contributed by atoms with Gasteiger partial charge in [0.2, 0.25) is 0 Å². The Kier molecular flexibility index (Phi) is 5.76. The maximum absolute atomic E-state index is 13.3. The number of rotatable bonds is 9. The summed E-state index contributed by atoms with van der Waals surface area (Å²) in [7, 11) is 0. The van der Waals surface area contributed by atoms with Crippen molar-refractivity contribution >= 4 is 0 Å². The second kappa shape index (κ2) is 7.58. The smallest absolute Gasteiger partial charge is 0.123 e. The summed E-state index contributed by atoms with van der Waals surface area (Å²) in [4.78, 5) is 0. The van der Waals surface area contributed by atoms with E-state index in [1.807, 2.05) is 13.0 Å². The van der Waals surface area contributed by atoms with Crippen LogP contribution in [0.5, 0.6) is 0 Å². The van der Waals surface area contributed by atoms with E-state index in [2.05, 4.69) is 5.32 Å². The topological polar surface area (TPSA) is 30.5 Å². The maximum atomic E-state index is 13.3. The molecule has 0 saturated heterocycles. The molecule has 1 aromatic rings. The van der Waals surface area contributed by atoms with Gasteiger partial charge in [-0.05, 0) is 37.5 Å². The molecular formula is C15H22FNO2. The van der Waals surface area contributed by atoms with Gasteiger partial charge in [-0.1, -0.05) is 12.1 Å². The minimum Gasteiger partial charge on any atom is -0.379 e. The van der Waals surface area contributed by atoms with Crippen LogP contribution < -0.4 is 5.32 Å². The van der Waals surface area contributed by atoms with Crippen molar-refractivity contribution in [2.45, 2.75) is 31.9 Å². The van der Waals surface area contributed by atoms with E-state index in [0.717, 1.165) is 12.1 Å². The summed E-state index contributed by atoms with van der Waals surface area (Å²) in [5.74, 6) is -0.220. The normalized spacial score (nSPS) is 16.5. The van der Waals surface area contributed by atoms with E-state index in [0.29, 0.717) is 25.9 Å². The first-order valence-electron chi connectivity index (χ1n) is 6.97. The summed E-state index contributed by atoms with van der Waals surface area (Å²) >= 11 is 0. The van der Waals surface area contributed by atoms with Gasteiger partial charge in [0.25, 0.3) is 0 Å². The van der Waals surface area contributed by atoms with Crippen molar-refractivity contribution in [1.29, 1.82) is 0 Å². The van der Waals surface area contributed by atoms with E-state index in [9.17, 15) is 4.39 Å². The summed E-state index contributed by atoms with van der Waals surface area (Å²) in [5.41, 5.74) is 0.879. The third-order valence-electron chi connectivity index (χ3n) is 3.14. The standard InChI is InChI=1S/C15H22FNO2/c1-2-18-8-9-19-15(11-17-14-6-7-14)12-4-3-5-13(16)10-12/h3-5,10,14-15,17H,2,6-9,11H2,1H3. The Morgan fingerprint density at radius 3 is 2.89 bits per heavy atom. The Balaban J connectivity index is 1.87. The molecule has 0 radical (unpaired) electrons. The average molecular weight is 267 g/mol. The SMILES string of the molecule is CCOCCOC(CNC1CC1)c1cccc(F)c1. The van der Waals surface area contributed by atoms with Crippen LogP contribution in [0.25, 0.3) is 0 Å². The molecule has 4 heteroatoms. The van der Waals surface area contributed by atoms with Gasteiger partial charge in [0.05, 0.1) is 19.3 Å². The molecule has 0 spiro atoms. The molecule has 0 bridgehead atoms. The third kappa shape index (κ3) is 5.27. The quantitative estimate of drug-likeness (QED) is 0.698. The highest BCUT2D eigenvalue weighted by Gasteiger charge is 2.22. The van der Waals surface area contributed by atoms with Crippen molar-refractivity contribution < 1.29 is 13.9 Å². The first-order chi connectivity index (χ1) is 9.29. The average Bonchev–Trinajstić information content (AvgIpc) is 3.22. The molecule has 0 aliphatic heterocycles. The highest BCUT2D eigenvalue weighted by molar-refractivity contribution is 5.19. The molecule has 1 saturated carbocycles. The van der Waals surface area contributed by atoms with Gasteiger partial charge in [-0.15, -0.1) is 0 Å². The zero-order valence-corrected chi connectivity index (χ0v) is 11.4. The van der Waals surface area contributed by atoms with Crippen LogP contribution in [0.3, 0.4) is 0 Å². The van der Waals surface area contributed by atoms with E-state index in [1.165, 1.54) is 18.9 Å². The first kappa shape index (κ1) is 14.4. The molecule has 0 aromatic heterocycles. The number of hydrogen-bond acceptors (Lipinski definition) is 3. The Bertz CT molecular complexity index is 382. The van der Waals surface area contributed by atoms with E-state index < -0.39 is 0 Å². The molecular weight excluding hydrogens is 245 g/mol. The number of hydrogen-bond donors (Lipinski definition) is 1. The molecule has 0 amide bonds. The number of ether oxygens (including phenoxy) is 2. The lowest BCUT2D eigenvalue weighted by Crippen LogP contribution is -2.26. The van der Waals surface area contributed by atoms with Gasteiger partial charge < -0.3 is 14.8 Å². The minimum atomic E-state index is -0.220. The molecule has 1 N–H and O–H groups in total. The summed E-state index contributed by atoms with van der Waals surface area (Å²) in [6, 6.07) is 7.24. The fraction of sp³-hybridized carbons (Fsp3) is 0.600. The molecule has 3 nitrogen and oxygen atoms in total.